The zero-order chi connectivity index (χ0) is 31.6. The van der Waals surface area contributed by atoms with Crippen molar-refractivity contribution in [2.75, 3.05) is 23.0 Å². The molecule has 228 valence electrons. The molecule has 42 heavy (non-hydrogen) atoms. The summed E-state index contributed by atoms with van der Waals surface area (Å²) in [6.45, 7) is 2.30. The molecule has 4 atom stereocenters. The largest absolute Gasteiger partial charge is 0.503 e. The number of hydrogen-bond acceptors (Lipinski definition) is 14. The van der Waals surface area contributed by atoms with Crippen molar-refractivity contribution >= 4 is 64.8 Å². The van der Waals surface area contributed by atoms with Crippen molar-refractivity contribution in [3.05, 3.63) is 34.1 Å². The number of carboxylic acids is 2. The Morgan fingerprint density at radius 3 is 1.93 bits per heavy atom. The van der Waals surface area contributed by atoms with E-state index in [9.17, 15) is 44.1 Å². The Kier molecular flexibility index (Phi) is 12.5. The summed E-state index contributed by atoms with van der Waals surface area (Å²) in [5.41, 5.74) is 10.8. The van der Waals surface area contributed by atoms with Crippen LogP contribution in [0.4, 0.5) is 11.8 Å². The van der Waals surface area contributed by atoms with Gasteiger partial charge in [0.05, 0.1) is 22.4 Å². The van der Waals surface area contributed by atoms with Crippen LogP contribution in [-0.4, -0.2) is 88.4 Å². The minimum Gasteiger partial charge on any atom is -0.503 e. The molecule has 0 radical (unpaired) electrons. The number of aromatic nitrogens is 4. The van der Waals surface area contributed by atoms with Crippen molar-refractivity contribution in [2.45, 2.75) is 49.3 Å². The maximum Gasteiger partial charge on any atom is 0.327 e. The third kappa shape index (κ3) is 10.9. The number of amides is 2. The van der Waals surface area contributed by atoms with Gasteiger partial charge >= 0.3 is 11.9 Å². The van der Waals surface area contributed by atoms with Crippen molar-refractivity contribution in [2.24, 2.45) is 0 Å². The van der Waals surface area contributed by atoms with Crippen LogP contribution in [0.2, 0.25) is 0 Å². The number of ketones is 1. The first-order valence-corrected chi connectivity index (χ1v) is 14.2. The van der Waals surface area contributed by atoms with Crippen LogP contribution < -0.4 is 27.7 Å². The van der Waals surface area contributed by atoms with Crippen LogP contribution in [0.3, 0.4) is 0 Å². The normalized spacial score (nSPS) is 13.8. The minimum atomic E-state index is -1.31. The van der Waals surface area contributed by atoms with E-state index in [1.807, 2.05) is 0 Å². The smallest absolute Gasteiger partial charge is 0.327 e. The topological polar surface area (TPSA) is 294 Å². The molecule has 10 N–H and O–H groups in total. The molecule has 2 heterocycles. The molecular formula is C23H30N8O9S2. The highest BCUT2D eigenvalue weighted by Crippen LogP contribution is 2.36. The number of H-pyrrole nitrogens is 1. The van der Waals surface area contributed by atoms with E-state index in [0.29, 0.717) is 0 Å². The number of nitrogens with one attached hydrogen (secondary N) is 3. The van der Waals surface area contributed by atoms with Crippen LogP contribution in [0.25, 0.3) is 0 Å². The molecule has 0 aliphatic rings. The number of Topliss-reactive ketones (excluding diaryl/α,β-unsaturated/α-hetero) is 1. The number of nitrogen functional groups attached to an aromatic ring is 2. The van der Waals surface area contributed by atoms with Crippen LogP contribution in [0.5, 0.6) is 5.75 Å². The quantitative estimate of drug-likeness (QED) is 0.113. The van der Waals surface area contributed by atoms with Gasteiger partial charge in [-0.15, -0.1) is 23.5 Å². The summed E-state index contributed by atoms with van der Waals surface area (Å²) in [6, 6.07) is -1.49. The zero-order valence-electron chi connectivity index (χ0n) is 22.4. The molecule has 0 saturated heterocycles. The number of aliphatic carboxylic acids is 2. The van der Waals surface area contributed by atoms with Gasteiger partial charge in [0.25, 0.3) is 5.56 Å². The number of rotatable bonds is 16. The molecule has 0 spiro atoms. The fraction of sp³-hybridized carbons (Fsp3) is 0.435. The molecule has 2 rings (SSSR count). The number of nitrogens with zero attached hydrogens (tertiary/aromatic N) is 3. The molecule has 0 bridgehead atoms. The Balaban J connectivity index is 2.34. The number of carbonyl (C=O) groups excluding carboxylic acids is 3. The van der Waals surface area contributed by atoms with Crippen molar-refractivity contribution in [3.8, 4) is 5.75 Å². The number of aromatic amines is 1. The van der Waals surface area contributed by atoms with Gasteiger partial charge in [-0.05, 0) is 0 Å². The van der Waals surface area contributed by atoms with Gasteiger partial charge in [-0.1, -0.05) is 0 Å². The van der Waals surface area contributed by atoms with E-state index in [2.05, 4.69) is 30.6 Å². The Labute approximate surface area is 246 Å². The van der Waals surface area contributed by atoms with Crippen molar-refractivity contribution in [1.29, 1.82) is 0 Å². The van der Waals surface area contributed by atoms with Crippen molar-refractivity contribution in [3.63, 3.8) is 0 Å². The van der Waals surface area contributed by atoms with Crippen molar-refractivity contribution < 1.29 is 39.3 Å². The first-order chi connectivity index (χ1) is 19.7. The predicted molar refractivity (Wildman–Crippen MR) is 152 cm³/mol. The SMILES string of the molecule is CC(=O)N[C@@H](CSC(CC(=O)CC(SC[C@H](NC(C)=O)C(=O)O)c1ncc(O)c(N)n1)c1cc(=O)[nH]c(N)n1)C(=O)O. The average molecular weight is 627 g/mol. The van der Waals surface area contributed by atoms with E-state index in [1.54, 1.807) is 0 Å². The summed E-state index contributed by atoms with van der Waals surface area (Å²) in [5.74, 6) is -5.50. The molecule has 2 unspecified atom stereocenters. The van der Waals surface area contributed by atoms with Crippen LogP contribution in [-0.2, 0) is 24.0 Å². The maximum absolute atomic E-state index is 13.4. The molecule has 2 amide bonds. The molecule has 17 nitrogen and oxygen atoms in total. The number of thioether (sulfide) groups is 2. The van der Waals surface area contributed by atoms with Gasteiger partial charge in [-0.3, -0.25) is 24.2 Å². The van der Waals surface area contributed by atoms with Crippen molar-refractivity contribution in [1.82, 2.24) is 30.6 Å². The third-order valence-electron chi connectivity index (χ3n) is 5.32. The first kappa shape index (κ1) is 33.8. The fourth-order valence-corrected chi connectivity index (χ4v) is 5.92. The molecule has 2 aromatic rings. The average Bonchev–Trinajstić information content (AvgIpc) is 2.87. The minimum absolute atomic E-state index is 0.00920. The number of aromatic hydroxyl groups is 1. The zero-order valence-corrected chi connectivity index (χ0v) is 24.0. The lowest BCUT2D eigenvalue weighted by Crippen LogP contribution is -2.41. The fourth-order valence-electron chi connectivity index (χ4n) is 3.45. The summed E-state index contributed by atoms with van der Waals surface area (Å²) >= 11 is 1.90. The lowest BCUT2D eigenvalue weighted by Gasteiger charge is -2.21. The maximum atomic E-state index is 13.4. The third-order valence-corrected chi connectivity index (χ3v) is 7.96. The molecule has 2 aromatic heterocycles. The molecule has 0 aliphatic heterocycles. The van der Waals surface area contributed by atoms with Gasteiger partial charge < -0.3 is 37.4 Å². The van der Waals surface area contributed by atoms with Crippen LogP contribution in [0, 0.1) is 0 Å². The Morgan fingerprint density at radius 2 is 1.45 bits per heavy atom. The van der Waals surface area contributed by atoms with Gasteiger partial charge in [-0.25, -0.2) is 24.5 Å². The lowest BCUT2D eigenvalue weighted by molar-refractivity contribution is -0.141. The van der Waals surface area contributed by atoms with Gasteiger partial charge in [0.1, 0.15) is 23.7 Å². The molecule has 0 aromatic carbocycles. The summed E-state index contributed by atoms with van der Waals surface area (Å²) in [7, 11) is 0. The van der Waals surface area contributed by atoms with Crippen LogP contribution in [0.1, 0.15) is 48.7 Å². The number of hydrogen-bond donors (Lipinski definition) is 8. The van der Waals surface area contributed by atoms with Gasteiger partial charge in [0.15, 0.2) is 11.6 Å². The number of carboxylic acid groups (broad SMARTS) is 2. The van der Waals surface area contributed by atoms with Gasteiger partial charge in [0, 0.05) is 44.3 Å². The Hall–Kier alpha value is -4.39. The summed E-state index contributed by atoms with van der Waals surface area (Å²) in [4.78, 5) is 85.9. The lowest BCUT2D eigenvalue weighted by atomic mass is 10.1. The summed E-state index contributed by atoms with van der Waals surface area (Å²) in [6.07, 6.45) is 0.449. The van der Waals surface area contributed by atoms with Crippen LogP contribution in [0.15, 0.2) is 17.1 Å². The van der Waals surface area contributed by atoms with E-state index in [-0.39, 0.29) is 47.6 Å². The van der Waals surface area contributed by atoms with E-state index >= 15 is 0 Å². The first-order valence-electron chi connectivity index (χ1n) is 12.1. The Bertz CT molecular complexity index is 1390. The molecule has 0 saturated carbocycles. The number of carbonyl (C=O) groups is 5. The number of nitrogens with two attached hydrogens (primary N) is 2. The van der Waals surface area contributed by atoms with Crippen LogP contribution >= 0.6 is 23.5 Å². The highest BCUT2D eigenvalue weighted by atomic mass is 32.2. The molecule has 0 fully saturated rings. The predicted octanol–water partition coefficient (Wildman–Crippen LogP) is -0.793. The standard InChI is InChI=1S/C23H30N8O9S2/c1-9(32)27-13(21(37)38)7-41-16(12-5-18(36)30-23(25)29-12)3-11(34)4-17(20-26-6-15(35)19(24)31-20)42-8-14(22(39)40)28-10(2)33/h5-6,13-14,16-17,35H,3-4,7-8H2,1-2H3,(H,27,32)(H,28,33)(H,37,38)(H,39,40)(H2,24,26,31)(H3,25,29,30,36)/t13-,14-,16?,17?/m0/s1. The second-order valence-electron chi connectivity index (χ2n) is 8.83. The van der Waals surface area contributed by atoms with E-state index < -0.39 is 63.4 Å². The van der Waals surface area contributed by atoms with E-state index in [4.69, 9.17) is 11.5 Å². The second kappa shape index (κ2) is 15.6. The van der Waals surface area contributed by atoms with Gasteiger partial charge in [0.2, 0.25) is 17.8 Å². The molecular weight excluding hydrogens is 596 g/mol. The van der Waals surface area contributed by atoms with E-state index in [1.165, 1.54) is 0 Å². The highest BCUT2D eigenvalue weighted by Gasteiger charge is 2.29. The summed E-state index contributed by atoms with van der Waals surface area (Å²) < 4.78 is 0. The Morgan fingerprint density at radius 1 is 0.929 bits per heavy atom. The van der Waals surface area contributed by atoms with E-state index in [0.717, 1.165) is 49.6 Å². The monoisotopic (exact) mass is 626 g/mol. The highest BCUT2D eigenvalue weighted by molar-refractivity contribution is 7.99. The molecule has 0 aliphatic carbocycles. The number of anilines is 2. The molecule has 19 heteroatoms. The summed E-state index contributed by atoms with van der Waals surface area (Å²) in [5, 5.41) is 31.5. The van der Waals surface area contributed by atoms with Gasteiger partial charge in [-0.2, -0.15) is 0 Å². The second-order valence-corrected chi connectivity index (χ2v) is 11.3.